The monoisotopic (exact) mass is 308 g/mol. The first-order valence-corrected chi connectivity index (χ1v) is 8.05. The minimum Gasteiger partial charge on any atom is -0.477 e. The van der Waals surface area contributed by atoms with Crippen LogP contribution >= 0.6 is 11.3 Å². The summed E-state index contributed by atoms with van der Waals surface area (Å²) in [5, 5.41) is 10.2. The number of hydrogen-bond donors (Lipinski definition) is 1. The highest BCUT2D eigenvalue weighted by Crippen LogP contribution is 2.30. The molecule has 21 heavy (non-hydrogen) atoms. The average Bonchev–Trinajstić information content (AvgIpc) is 2.85. The van der Waals surface area contributed by atoms with Crippen molar-refractivity contribution >= 4 is 17.3 Å². The second kappa shape index (κ2) is 8.74. The molecule has 1 heterocycles. The molecule has 5 heteroatoms. The molecule has 0 aliphatic heterocycles. The number of carboxylic acid groups (broad SMARTS) is 1. The topological polar surface area (TPSA) is 53.4 Å². The van der Waals surface area contributed by atoms with E-state index in [9.17, 15) is 9.90 Å². The molecular weight excluding hydrogens is 284 g/mol. The standard InChI is InChI=1S/C16H24N2O2S/c1-5-9-18(10-6-2)11-13-17-14(12(7-3)8-4)15(21-13)16(19)20/h5-6,12H,1-2,7-11H2,3-4H3,(H,19,20). The lowest BCUT2D eigenvalue weighted by atomic mass is 9.98. The lowest BCUT2D eigenvalue weighted by Gasteiger charge is -2.16. The number of rotatable bonds is 10. The van der Waals surface area contributed by atoms with Crippen LogP contribution in [0.25, 0.3) is 0 Å². The van der Waals surface area contributed by atoms with Crippen molar-refractivity contribution in [3.63, 3.8) is 0 Å². The highest BCUT2D eigenvalue weighted by atomic mass is 32.1. The quantitative estimate of drug-likeness (QED) is 0.666. The van der Waals surface area contributed by atoms with Crippen molar-refractivity contribution in [3.8, 4) is 0 Å². The molecule has 4 nitrogen and oxygen atoms in total. The summed E-state index contributed by atoms with van der Waals surface area (Å²) >= 11 is 1.29. The fourth-order valence-electron chi connectivity index (χ4n) is 2.31. The maximum Gasteiger partial charge on any atom is 0.347 e. The molecule has 0 bridgehead atoms. The molecule has 0 saturated carbocycles. The van der Waals surface area contributed by atoms with Crippen molar-refractivity contribution in [2.75, 3.05) is 13.1 Å². The molecule has 0 radical (unpaired) electrons. The van der Waals surface area contributed by atoms with Gasteiger partial charge in [-0.15, -0.1) is 24.5 Å². The lowest BCUT2D eigenvalue weighted by Crippen LogP contribution is -2.23. The molecule has 0 fully saturated rings. The van der Waals surface area contributed by atoms with E-state index < -0.39 is 5.97 Å². The minimum atomic E-state index is -0.875. The van der Waals surface area contributed by atoms with Gasteiger partial charge in [0.15, 0.2) is 0 Å². The van der Waals surface area contributed by atoms with Gasteiger partial charge in [0.05, 0.1) is 12.2 Å². The summed E-state index contributed by atoms with van der Waals surface area (Å²) in [5.74, 6) is -0.659. The third kappa shape index (κ3) is 4.79. The Bertz CT molecular complexity index is 482. The van der Waals surface area contributed by atoms with E-state index >= 15 is 0 Å². The molecule has 0 aromatic carbocycles. The Balaban J connectivity index is 3.03. The van der Waals surface area contributed by atoms with Crippen LogP contribution in [0.1, 0.15) is 53.0 Å². The van der Waals surface area contributed by atoms with Gasteiger partial charge in [-0.25, -0.2) is 9.78 Å². The molecule has 0 amide bonds. The predicted octanol–water partition coefficient (Wildman–Crippen LogP) is 3.92. The first-order chi connectivity index (χ1) is 10.1. The van der Waals surface area contributed by atoms with E-state index in [-0.39, 0.29) is 5.92 Å². The maximum absolute atomic E-state index is 11.4. The molecule has 0 atom stereocenters. The van der Waals surface area contributed by atoms with E-state index in [1.165, 1.54) is 11.3 Å². The molecule has 0 spiro atoms. The van der Waals surface area contributed by atoms with Crippen molar-refractivity contribution in [1.29, 1.82) is 0 Å². The highest BCUT2D eigenvalue weighted by molar-refractivity contribution is 7.13. The fraction of sp³-hybridized carbons (Fsp3) is 0.500. The Morgan fingerprint density at radius 1 is 1.33 bits per heavy atom. The van der Waals surface area contributed by atoms with Gasteiger partial charge in [-0.05, 0) is 12.8 Å². The molecule has 1 aromatic heterocycles. The van der Waals surface area contributed by atoms with Crippen LogP contribution in [0.4, 0.5) is 0 Å². The van der Waals surface area contributed by atoms with Crippen LogP contribution in [-0.4, -0.2) is 34.0 Å². The van der Waals surface area contributed by atoms with E-state index in [0.717, 1.165) is 36.6 Å². The molecule has 0 saturated heterocycles. The Kier molecular flexibility index (Phi) is 7.32. The minimum absolute atomic E-state index is 0.216. The van der Waals surface area contributed by atoms with Crippen LogP contribution in [0.15, 0.2) is 25.3 Å². The second-order valence-corrected chi connectivity index (χ2v) is 6.00. The third-order valence-electron chi connectivity index (χ3n) is 3.40. The summed E-state index contributed by atoms with van der Waals surface area (Å²) in [6.45, 7) is 13.7. The van der Waals surface area contributed by atoms with Gasteiger partial charge in [0, 0.05) is 19.0 Å². The van der Waals surface area contributed by atoms with Crippen molar-refractivity contribution in [2.45, 2.75) is 39.2 Å². The van der Waals surface area contributed by atoms with Gasteiger partial charge in [0.25, 0.3) is 0 Å². The number of nitrogens with zero attached hydrogens (tertiary/aromatic N) is 2. The first-order valence-electron chi connectivity index (χ1n) is 7.24. The summed E-state index contributed by atoms with van der Waals surface area (Å²) in [6.07, 6.45) is 5.47. The summed E-state index contributed by atoms with van der Waals surface area (Å²) < 4.78 is 0. The van der Waals surface area contributed by atoms with E-state index in [1.807, 2.05) is 12.2 Å². The van der Waals surface area contributed by atoms with Crippen LogP contribution in [0.3, 0.4) is 0 Å². The SMILES string of the molecule is C=CCN(CC=C)Cc1nc(C(CC)CC)c(C(=O)O)s1. The molecule has 1 aromatic rings. The summed E-state index contributed by atoms with van der Waals surface area (Å²) in [7, 11) is 0. The number of carboxylic acids is 1. The van der Waals surface area contributed by atoms with Gasteiger partial charge in [-0.2, -0.15) is 0 Å². The van der Waals surface area contributed by atoms with Gasteiger partial charge in [-0.3, -0.25) is 4.90 Å². The molecule has 116 valence electrons. The van der Waals surface area contributed by atoms with Crippen molar-refractivity contribution in [1.82, 2.24) is 9.88 Å². The van der Waals surface area contributed by atoms with Crippen molar-refractivity contribution < 1.29 is 9.90 Å². The molecule has 1 rings (SSSR count). The second-order valence-electron chi connectivity index (χ2n) is 4.91. The summed E-state index contributed by atoms with van der Waals surface area (Å²) in [5.41, 5.74) is 0.740. The zero-order chi connectivity index (χ0) is 15.8. The molecule has 1 N–H and O–H groups in total. The summed E-state index contributed by atoms with van der Waals surface area (Å²) in [4.78, 5) is 18.5. The van der Waals surface area contributed by atoms with Crippen LogP contribution < -0.4 is 0 Å². The Morgan fingerprint density at radius 3 is 2.33 bits per heavy atom. The van der Waals surface area contributed by atoms with E-state index in [0.29, 0.717) is 11.4 Å². The summed E-state index contributed by atoms with van der Waals surface area (Å²) in [6, 6.07) is 0. The van der Waals surface area contributed by atoms with Gasteiger partial charge in [0.1, 0.15) is 9.88 Å². The van der Waals surface area contributed by atoms with Crippen LogP contribution in [-0.2, 0) is 6.54 Å². The van der Waals surface area contributed by atoms with Gasteiger partial charge >= 0.3 is 5.97 Å². The molecular formula is C16H24N2O2S. The van der Waals surface area contributed by atoms with Crippen LogP contribution in [0, 0.1) is 0 Å². The third-order valence-corrected chi connectivity index (χ3v) is 4.44. The van der Waals surface area contributed by atoms with Gasteiger partial charge in [0.2, 0.25) is 0 Å². The molecule has 0 aliphatic rings. The number of carbonyl (C=O) groups is 1. The van der Waals surface area contributed by atoms with Crippen molar-refractivity contribution in [3.05, 3.63) is 40.9 Å². The van der Waals surface area contributed by atoms with Crippen LogP contribution in [0.5, 0.6) is 0 Å². The van der Waals surface area contributed by atoms with E-state index in [2.05, 4.69) is 36.9 Å². The largest absolute Gasteiger partial charge is 0.477 e. The number of aromatic nitrogens is 1. The van der Waals surface area contributed by atoms with E-state index in [1.54, 1.807) is 0 Å². The normalized spacial score (nSPS) is 11.0. The average molecular weight is 308 g/mol. The Labute approximate surface area is 130 Å². The fourth-order valence-corrected chi connectivity index (χ4v) is 3.34. The Hall–Kier alpha value is -1.46. The predicted molar refractivity (Wildman–Crippen MR) is 88.1 cm³/mol. The smallest absolute Gasteiger partial charge is 0.347 e. The van der Waals surface area contributed by atoms with Gasteiger partial charge < -0.3 is 5.11 Å². The lowest BCUT2D eigenvalue weighted by molar-refractivity contribution is 0.0700. The van der Waals surface area contributed by atoms with Crippen LogP contribution in [0.2, 0.25) is 0 Å². The number of hydrogen-bond acceptors (Lipinski definition) is 4. The van der Waals surface area contributed by atoms with Gasteiger partial charge in [-0.1, -0.05) is 26.0 Å². The Morgan fingerprint density at radius 2 is 1.90 bits per heavy atom. The van der Waals surface area contributed by atoms with Crippen molar-refractivity contribution in [2.24, 2.45) is 0 Å². The van der Waals surface area contributed by atoms with E-state index in [4.69, 9.17) is 0 Å². The number of aromatic carboxylic acids is 1. The zero-order valence-corrected chi connectivity index (χ0v) is 13.7. The highest BCUT2D eigenvalue weighted by Gasteiger charge is 2.23. The molecule has 0 unspecified atom stereocenters. The molecule has 0 aliphatic carbocycles. The first kappa shape index (κ1) is 17.6. The number of thiazole rings is 1. The maximum atomic E-state index is 11.4. The zero-order valence-electron chi connectivity index (χ0n) is 12.8.